The molecule has 18 heavy (non-hydrogen) atoms. The van der Waals surface area contributed by atoms with Gasteiger partial charge in [-0.1, -0.05) is 17.7 Å². The van der Waals surface area contributed by atoms with Gasteiger partial charge in [0.1, 0.15) is 5.75 Å². The summed E-state index contributed by atoms with van der Waals surface area (Å²) < 4.78 is 0. The summed E-state index contributed by atoms with van der Waals surface area (Å²) >= 11 is 0. The monoisotopic (exact) mass is 242 g/mol. The van der Waals surface area contributed by atoms with E-state index in [4.69, 9.17) is 5.73 Å². The average molecular weight is 242 g/mol. The minimum Gasteiger partial charge on any atom is -0.507 e. The lowest BCUT2D eigenvalue weighted by Crippen LogP contribution is -2.12. The van der Waals surface area contributed by atoms with Gasteiger partial charge in [-0.25, -0.2) is 0 Å². The molecule has 0 saturated heterocycles. The minimum absolute atomic E-state index is 0.0398. The zero-order chi connectivity index (χ0) is 13.1. The molecular weight excluding hydrogens is 228 g/mol. The Balaban J connectivity index is 2.24. The minimum atomic E-state index is -0.359. The van der Waals surface area contributed by atoms with E-state index in [-0.39, 0.29) is 17.2 Å². The maximum absolute atomic E-state index is 12.0. The summed E-state index contributed by atoms with van der Waals surface area (Å²) in [5, 5.41) is 12.3. The molecule has 0 aliphatic heterocycles. The highest BCUT2D eigenvalue weighted by molar-refractivity contribution is 6.06. The fraction of sp³-hybridized carbons (Fsp3) is 0.0714. The average Bonchev–Trinajstić information content (AvgIpc) is 2.32. The molecule has 2 rings (SSSR count). The van der Waals surface area contributed by atoms with Gasteiger partial charge in [0.15, 0.2) is 0 Å². The lowest BCUT2D eigenvalue weighted by molar-refractivity contribution is 0.102. The molecule has 0 saturated carbocycles. The van der Waals surface area contributed by atoms with Gasteiger partial charge in [-0.15, -0.1) is 0 Å². The highest BCUT2D eigenvalue weighted by Crippen LogP contribution is 2.20. The van der Waals surface area contributed by atoms with Crippen LogP contribution >= 0.6 is 0 Å². The topological polar surface area (TPSA) is 75.3 Å². The number of anilines is 2. The largest absolute Gasteiger partial charge is 0.507 e. The van der Waals surface area contributed by atoms with Crippen molar-refractivity contribution in [2.24, 2.45) is 0 Å². The molecule has 1 amide bonds. The normalized spacial score (nSPS) is 10.1. The van der Waals surface area contributed by atoms with Crippen LogP contribution in [0.3, 0.4) is 0 Å². The second kappa shape index (κ2) is 4.79. The molecule has 2 aromatic carbocycles. The first-order valence-electron chi connectivity index (χ1n) is 5.53. The highest BCUT2D eigenvalue weighted by Gasteiger charge is 2.11. The van der Waals surface area contributed by atoms with Crippen LogP contribution in [0.4, 0.5) is 11.4 Å². The van der Waals surface area contributed by atoms with Crippen molar-refractivity contribution in [2.45, 2.75) is 6.92 Å². The summed E-state index contributed by atoms with van der Waals surface area (Å²) in [4.78, 5) is 12.0. The Labute approximate surface area is 105 Å². The zero-order valence-electron chi connectivity index (χ0n) is 9.97. The molecule has 0 spiro atoms. The van der Waals surface area contributed by atoms with Gasteiger partial charge in [-0.3, -0.25) is 4.79 Å². The fourth-order valence-corrected chi connectivity index (χ4v) is 1.65. The number of nitrogens with one attached hydrogen (secondary N) is 1. The Morgan fingerprint density at radius 1 is 1.22 bits per heavy atom. The zero-order valence-corrected chi connectivity index (χ0v) is 9.97. The lowest BCUT2D eigenvalue weighted by Gasteiger charge is -2.08. The number of carbonyl (C=O) groups is 1. The predicted octanol–water partition coefficient (Wildman–Crippen LogP) is 2.54. The molecule has 0 radical (unpaired) electrons. The summed E-state index contributed by atoms with van der Waals surface area (Å²) in [6, 6.07) is 11.8. The van der Waals surface area contributed by atoms with Gasteiger partial charge in [0, 0.05) is 11.4 Å². The van der Waals surface area contributed by atoms with Gasteiger partial charge >= 0.3 is 0 Å². The van der Waals surface area contributed by atoms with Crippen LogP contribution in [0.1, 0.15) is 15.9 Å². The van der Waals surface area contributed by atoms with E-state index in [1.807, 2.05) is 6.92 Å². The maximum Gasteiger partial charge on any atom is 0.259 e. The second-order valence-electron chi connectivity index (χ2n) is 4.10. The summed E-state index contributed by atoms with van der Waals surface area (Å²) in [7, 11) is 0. The van der Waals surface area contributed by atoms with Crippen LogP contribution in [0.15, 0.2) is 42.5 Å². The second-order valence-corrected chi connectivity index (χ2v) is 4.10. The van der Waals surface area contributed by atoms with Crippen molar-refractivity contribution in [1.82, 2.24) is 0 Å². The molecule has 0 bridgehead atoms. The molecule has 4 nitrogen and oxygen atoms in total. The first kappa shape index (κ1) is 12.0. The van der Waals surface area contributed by atoms with Crippen LogP contribution in [0.5, 0.6) is 5.75 Å². The molecular formula is C14H14N2O2. The molecule has 0 aromatic heterocycles. The SMILES string of the molecule is Cc1ccc(O)c(C(=O)Nc2cccc(N)c2)c1. The van der Waals surface area contributed by atoms with Crippen LogP contribution < -0.4 is 11.1 Å². The Kier molecular flexibility index (Phi) is 3.19. The molecule has 2 aromatic rings. The molecule has 4 heteroatoms. The van der Waals surface area contributed by atoms with E-state index in [0.717, 1.165) is 5.56 Å². The molecule has 0 aliphatic rings. The summed E-state index contributed by atoms with van der Waals surface area (Å²) in [6.45, 7) is 1.86. The lowest BCUT2D eigenvalue weighted by atomic mass is 10.1. The van der Waals surface area contributed by atoms with Gasteiger partial charge in [0.05, 0.1) is 5.56 Å². The van der Waals surface area contributed by atoms with Gasteiger partial charge in [-0.2, -0.15) is 0 Å². The third-order valence-corrected chi connectivity index (χ3v) is 2.54. The standard InChI is InChI=1S/C14H14N2O2/c1-9-5-6-13(17)12(7-9)14(18)16-11-4-2-3-10(15)8-11/h2-8,17H,15H2,1H3,(H,16,18). The number of amides is 1. The smallest absolute Gasteiger partial charge is 0.259 e. The predicted molar refractivity (Wildman–Crippen MR) is 71.7 cm³/mol. The molecule has 92 valence electrons. The Morgan fingerprint density at radius 2 is 2.00 bits per heavy atom. The number of benzene rings is 2. The third kappa shape index (κ3) is 2.60. The third-order valence-electron chi connectivity index (χ3n) is 2.54. The first-order valence-corrected chi connectivity index (χ1v) is 5.53. The van der Waals surface area contributed by atoms with Crippen molar-refractivity contribution in [1.29, 1.82) is 0 Å². The number of phenols is 1. The quantitative estimate of drug-likeness (QED) is 0.708. The number of aryl methyl sites for hydroxylation is 1. The Hall–Kier alpha value is -2.49. The summed E-state index contributed by atoms with van der Waals surface area (Å²) in [5.41, 5.74) is 7.95. The van der Waals surface area contributed by atoms with Gasteiger partial charge in [0.2, 0.25) is 0 Å². The number of hydrogen-bond acceptors (Lipinski definition) is 3. The molecule has 0 heterocycles. The van der Waals surface area contributed by atoms with Crippen molar-refractivity contribution in [3.63, 3.8) is 0 Å². The number of hydrogen-bond donors (Lipinski definition) is 3. The van der Waals surface area contributed by atoms with Crippen molar-refractivity contribution in [3.05, 3.63) is 53.6 Å². The number of phenolic OH excluding ortho intramolecular Hbond substituents is 1. The highest BCUT2D eigenvalue weighted by atomic mass is 16.3. The molecule has 0 aliphatic carbocycles. The summed E-state index contributed by atoms with van der Waals surface area (Å²) in [6.07, 6.45) is 0. The number of rotatable bonds is 2. The first-order chi connectivity index (χ1) is 8.56. The van der Waals surface area contributed by atoms with Crippen LogP contribution in [-0.2, 0) is 0 Å². The van der Waals surface area contributed by atoms with Crippen molar-refractivity contribution < 1.29 is 9.90 Å². The van der Waals surface area contributed by atoms with Crippen LogP contribution in [0.25, 0.3) is 0 Å². The molecule has 4 N–H and O–H groups in total. The van der Waals surface area contributed by atoms with E-state index >= 15 is 0 Å². The Morgan fingerprint density at radius 3 is 2.72 bits per heavy atom. The molecule has 0 fully saturated rings. The van der Waals surface area contributed by atoms with E-state index < -0.39 is 0 Å². The Bertz CT molecular complexity index is 594. The fourth-order valence-electron chi connectivity index (χ4n) is 1.65. The van der Waals surface area contributed by atoms with E-state index in [9.17, 15) is 9.90 Å². The van der Waals surface area contributed by atoms with Gasteiger partial charge in [0.25, 0.3) is 5.91 Å². The number of carbonyl (C=O) groups excluding carboxylic acids is 1. The van der Waals surface area contributed by atoms with Gasteiger partial charge < -0.3 is 16.2 Å². The number of nitrogen functional groups attached to an aromatic ring is 1. The molecule has 0 unspecified atom stereocenters. The number of nitrogens with two attached hydrogens (primary N) is 1. The van der Waals surface area contributed by atoms with Crippen molar-refractivity contribution >= 4 is 17.3 Å². The van der Waals surface area contributed by atoms with E-state index in [1.165, 1.54) is 6.07 Å². The maximum atomic E-state index is 12.0. The van der Waals surface area contributed by atoms with Crippen molar-refractivity contribution in [2.75, 3.05) is 11.1 Å². The van der Waals surface area contributed by atoms with Crippen LogP contribution in [0.2, 0.25) is 0 Å². The number of aromatic hydroxyl groups is 1. The summed E-state index contributed by atoms with van der Waals surface area (Å²) in [5.74, 6) is -0.399. The van der Waals surface area contributed by atoms with Gasteiger partial charge in [-0.05, 0) is 37.3 Å². The van der Waals surface area contributed by atoms with Crippen LogP contribution in [0, 0.1) is 6.92 Å². The molecule has 0 atom stereocenters. The van der Waals surface area contributed by atoms with E-state index in [0.29, 0.717) is 11.4 Å². The van der Waals surface area contributed by atoms with E-state index in [1.54, 1.807) is 36.4 Å². The van der Waals surface area contributed by atoms with Crippen LogP contribution in [-0.4, -0.2) is 11.0 Å². The van der Waals surface area contributed by atoms with E-state index in [2.05, 4.69) is 5.32 Å². The van der Waals surface area contributed by atoms with Crippen molar-refractivity contribution in [3.8, 4) is 5.75 Å².